The lowest BCUT2D eigenvalue weighted by molar-refractivity contribution is -0.136. The Morgan fingerprint density at radius 3 is 2.31 bits per heavy atom. The quantitative estimate of drug-likeness (QED) is 0.766. The second kappa shape index (κ2) is 8.61. The van der Waals surface area contributed by atoms with Crippen molar-refractivity contribution in [1.29, 1.82) is 0 Å². The monoisotopic (exact) mass is 360 g/mol. The summed E-state index contributed by atoms with van der Waals surface area (Å²) in [5.41, 5.74) is 0.586. The minimum absolute atomic E-state index is 0.00419. The first-order valence-corrected chi connectivity index (χ1v) is 7.60. The van der Waals surface area contributed by atoms with E-state index < -0.39 is 30.2 Å². The Bertz CT molecular complexity index is 790. The molecule has 0 aliphatic rings. The molecule has 0 radical (unpaired) electrons. The van der Waals surface area contributed by atoms with Crippen molar-refractivity contribution in [2.75, 3.05) is 25.5 Å². The molecule has 2 aromatic carbocycles. The number of rotatable bonds is 6. The summed E-state index contributed by atoms with van der Waals surface area (Å²) in [6.45, 7) is -0.785. The fourth-order valence-electron chi connectivity index (χ4n) is 1.96. The predicted molar refractivity (Wildman–Crippen MR) is 91.1 cm³/mol. The molecule has 8 heteroatoms. The minimum atomic E-state index is -0.720. The number of hydrogen-bond donors (Lipinski definition) is 2. The first-order valence-electron chi connectivity index (χ1n) is 7.60. The van der Waals surface area contributed by atoms with Gasteiger partial charge in [-0.15, -0.1) is 0 Å². The smallest absolute Gasteiger partial charge is 0.338 e. The third-order valence-corrected chi connectivity index (χ3v) is 3.36. The van der Waals surface area contributed by atoms with Crippen LogP contribution in [0.1, 0.15) is 10.4 Å². The largest absolute Gasteiger partial charge is 0.508 e. The number of benzene rings is 2. The lowest BCUT2D eigenvalue weighted by atomic mass is 10.2. The van der Waals surface area contributed by atoms with Crippen LogP contribution in [-0.2, 0) is 14.3 Å². The van der Waals surface area contributed by atoms with Gasteiger partial charge in [0, 0.05) is 12.7 Å². The van der Waals surface area contributed by atoms with Crippen LogP contribution in [0.2, 0.25) is 0 Å². The average Bonchev–Trinajstić information content (AvgIpc) is 2.61. The Balaban J connectivity index is 1.79. The lowest BCUT2D eigenvalue weighted by Gasteiger charge is -2.16. The highest BCUT2D eigenvalue weighted by atomic mass is 19.1. The molecule has 7 nitrogen and oxygen atoms in total. The van der Waals surface area contributed by atoms with Crippen LogP contribution in [-0.4, -0.2) is 48.0 Å². The molecule has 2 rings (SSSR count). The van der Waals surface area contributed by atoms with E-state index >= 15 is 0 Å². The highest BCUT2D eigenvalue weighted by Crippen LogP contribution is 2.11. The molecule has 2 N–H and O–H groups in total. The van der Waals surface area contributed by atoms with Crippen LogP contribution in [0.3, 0.4) is 0 Å². The van der Waals surface area contributed by atoms with Crippen molar-refractivity contribution in [2.24, 2.45) is 0 Å². The summed E-state index contributed by atoms with van der Waals surface area (Å²) in [6, 6.07) is 10.6. The number of halogens is 1. The second-order valence-corrected chi connectivity index (χ2v) is 5.43. The Morgan fingerprint density at radius 1 is 1.08 bits per heavy atom. The molecule has 0 fully saturated rings. The number of hydrogen-bond acceptors (Lipinski definition) is 5. The maximum absolute atomic E-state index is 12.8. The maximum atomic E-state index is 12.8. The molecule has 0 atom stereocenters. The lowest BCUT2D eigenvalue weighted by Crippen LogP contribution is -2.37. The molecule has 0 aromatic heterocycles. The van der Waals surface area contributed by atoms with E-state index in [1.165, 1.54) is 55.6 Å². The zero-order valence-corrected chi connectivity index (χ0v) is 13.9. The number of nitrogens with one attached hydrogen (secondary N) is 1. The standard InChI is InChI=1S/C18H17FN2O5/c1-21(10-16(23)20-14-6-4-13(19)5-7-14)17(24)11-26-18(25)12-2-8-15(22)9-3-12/h2-9,22H,10-11H2,1H3,(H,20,23). The maximum Gasteiger partial charge on any atom is 0.338 e. The molecule has 0 saturated heterocycles. The third kappa shape index (κ3) is 5.59. The number of ether oxygens (including phenoxy) is 1. The summed E-state index contributed by atoms with van der Waals surface area (Å²) in [4.78, 5) is 36.7. The van der Waals surface area contributed by atoms with Crippen LogP contribution >= 0.6 is 0 Å². The average molecular weight is 360 g/mol. The number of carbonyl (C=O) groups excluding carboxylic acids is 3. The van der Waals surface area contributed by atoms with Crippen molar-refractivity contribution in [2.45, 2.75) is 0 Å². The minimum Gasteiger partial charge on any atom is -0.508 e. The van der Waals surface area contributed by atoms with Gasteiger partial charge in [-0.1, -0.05) is 0 Å². The number of carbonyl (C=O) groups is 3. The molecule has 0 spiro atoms. The van der Waals surface area contributed by atoms with Gasteiger partial charge in [0.1, 0.15) is 11.6 Å². The van der Waals surface area contributed by atoms with Gasteiger partial charge in [0.05, 0.1) is 12.1 Å². The molecule has 26 heavy (non-hydrogen) atoms. The van der Waals surface area contributed by atoms with E-state index in [1.807, 2.05) is 0 Å². The summed E-state index contributed by atoms with van der Waals surface area (Å²) < 4.78 is 17.7. The predicted octanol–water partition coefficient (Wildman–Crippen LogP) is 1.79. The van der Waals surface area contributed by atoms with Crippen LogP contribution in [0.15, 0.2) is 48.5 Å². The van der Waals surface area contributed by atoms with Crippen LogP contribution in [0, 0.1) is 5.82 Å². The Kier molecular flexibility index (Phi) is 6.26. The van der Waals surface area contributed by atoms with E-state index in [1.54, 1.807) is 0 Å². The van der Waals surface area contributed by atoms with Crippen molar-refractivity contribution in [3.05, 3.63) is 59.9 Å². The number of esters is 1. The molecule has 0 aliphatic carbocycles. The zero-order chi connectivity index (χ0) is 19.1. The zero-order valence-electron chi connectivity index (χ0n) is 13.9. The molecule has 0 heterocycles. The summed E-state index contributed by atoms with van der Waals surface area (Å²) >= 11 is 0. The molecule has 0 saturated carbocycles. The second-order valence-electron chi connectivity index (χ2n) is 5.43. The number of phenols is 1. The number of nitrogens with zero attached hydrogens (tertiary/aromatic N) is 1. The van der Waals surface area contributed by atoms with Crippen molar-refractivity contribution in [3.63, 3.8) is 0 Å². The summed E-state index contributed by atoms with van der Waals surface area (Å²) in [5, 5.41) is 11.7. The topological polar surface area (TPSA) is 95.9 Å². The van der Waals surface area contributed by atoms with Gasteiger partial charge in [0.15, 0.2) is 6.61 Å². The first kappa shape index (κ1) is 18.9. The van der Waals surface area contributed by atoms with Gasteiger partial charge in [0.2, 0.25) is 5.91 Å². The number of aromatic hydroxyl groups is 1. The van der Waals surface area contributed by atoms with Crippen LogP contribution in [0.5, 0.6) is 5.75 Å². The van der Waals surface area contributed by atoms with Crippen molar-refractivity contribution in [3.8, 4) is 5.75 Å². The fraction of sp³-hybridized carbons (Fsp3) is 0.167. The highest BCUT2D eigenvalue weighted by molar-refractivity contribution is 5.95. The van der Waals surface area contributed by atoms with Gasteiger partial charge in [-0.25, -0.2) is 9.18 Å². The van der Waals surface area contributed by atoms with Crippen LogP contribution in [0.4, 0.5) is 10.1 Å². The van der Waals surface area contributed by atoms with Crippen LogP contribution < -0.4 is 5.32 Å². The van der Waals surface area contributed by atoms with Crippen molar-refractivity contribution in [1.82, 2.24) is 4.90 Å². The van der Waals surface area contributed by atoms with Crippen molar-refractivity contribution >= 4 is 23.5 Å². The van der Waals surface area contributed by atoms with E-state index in [0.717, 1.165) is 4.90 Å². The van der Waals surface area contributed by atoms with Crippen molar-refractivity contribution < 1.29 is 28.6 Å². The number of anilines is 1. The highest BCUT2D eigenvalue weighted by Gasteiger charge is 2.16. The summed E-state index contributed by atoms with van der Waals surface area (Å²) in [7, 11) is 1.39. The molecular weight excluding hydrogens is 343 g/mol. The molecule has 2 aromatic rings. The molecule has 2 amide bonds. The van der Waals surface area contributed by atoms with E-state index in [2.05, 4.69) is 5.32 Å². The van der Waals surface area contributed by atoms with E-state index in [0.29, 0.717) is 5.69 Å². The molecular formula is C18H17FN2O5. The van der Waals surface area contributed by atoms with Gasteiger partial charge in [0.25, 0.3) is 5.91 Å². The molecule has 0 bridgehead atoms. The summed E-state index contributed by atoms with van der Waals surface area (Å²) in [6.07, 6.45) is 0. The Morgan fingerprint density at radius 2 is 1.69 bits per heavy atom. The SMILES string of the molecule is CN(CC(=O)Nc1ccc(F)cc1)C(=O)COC(=O)c1ccc(O)cc1. The van der Waals surface area contributed by atoms with Gasteiger partial charge < -0.3 is 20.1 Å². The third-order valence-electron chi connectivity index (χ3n) is 3.36. The number of amides is 2. The van der Waals surface area contributed by atoms with Gasteiger partial charge in [-0.2, -0.15) is 0 Å². The Hall–Kier alpha value is -3.42. The van der Waals surface area contributed by atoms with E-state index in [4.69, 9.17) is 9.84 Å². The van der Waals surface area contributed by atoms with E-state index in [9.17, 15) is 18.8 Å². The van der Waals surface area contributed by atoms with E-state index in [-0.39, 0.29) is 17.9 Å². The van der Waals surface area contributed by atoms with Gasteiger partial charge in [-0.3, -0.25) is 9.59 Å². The normalized spacial score (nSPS) is 10.1. The fourth-order valence-corrected chi connectivity index (χ4v) is 1.96. The molecule has 0 aliphatic heterocycles. The van der Waals surface area contributed by atoms with Gasteiger partial charge in [-0.05, 0) is 48.5 Å². The summed E-state index contributed by atoms with van der Waals surface area (Å²) in [5.74, 6) is -2.18. The number of likely N-dealkylation sites (N-methyl/N-ethyl adjacent to an activating group) is 1. The Labute approximate surface area is 149 Å². The number of phenolic OH excluding ortho intramolecular Hbond substituents is 1. The van der Waals surface area contributed by atoms with Gasteiger partial charge >= 0.3 is 5.97 Å². The first-order chi connectivity index (χ1) is 12.3. The molecule has 0 unspecified atom stereocenters. The van der Waals surface area contributed by atoms with Crippen LogP contribution in [0.25, 0.3) is 0 Å². The molecule has 136 valence electrons.